The Bertz CT molecular complexity index is 1090. The van der Waals surface area contributed by atoms with Crippen molar-refractivity contribution < 1.29 is 9.59 Å². The number of para-hydroxylation sites is 1. The molecule has 3 aromatic rings. The van der Waals surface area contributed by atoms with Gasteiger partial charge in [-0.15, -0.1) is 0 Å². The van der Waals surface area contributed by atoms with Crippen molar-refractivity contribution in [3.8, 4) is 11.3 Å². The smallest absolute Gasteiger partial charge is 0.252 e. The van der Waals surface area contributed by atoms with Crippen molar-refractivity contribution in [1.29, 1.82) is 0 Å². The maximum Gasteiger partial charge on any atom is 0.252 e. The van der Waals surface area contributed by atoms with Crippen LogP contribution in [0, 0.1) is 6.92 Å². The second kappa shape index (κ2) is 7.62. The Hall–Kier alpha value is -3.28. The predicted octanol–water partition coefficient (Wildman–Crippen LogP) is 3.52. The summed E-state index contributed by atoms with van der Waals surface area (Å²) >= 11 is 0. The number of hydrogen-bond donors (Lipinski definition) is 2. The molecule has 2 aromatic carbocycles. The molecule has 1 saturated carbocycles. The highest BCUT2D eigenvalue weighted by molar-refractivity contribution is 6.00. The maximum absolute atomic E-state index is 13.0. The summed E-state index contributed by atoms with van der Waals surface area (Å²) in [5.74, 6) is -0.0785. The van der Waals surface area contributed by atoms with Crippen molar-refractivity contribution >= 4 is 22.7 Å². The van der Waals surface area contributed by atoms with E-state index in [-0.39, 0.29) is 5.91 Å². The third-order valence-corrected chi connectivity index (χ3v) is 5.64. The van der Waals surface area contributed by atoms with E-state index in [1.54, 1.807) is 12.1 Å². The monoisotopic (exact) mass is 388 g/mol. The molecule has 4 rings (SSSR count). The van der Waals surface area contributed by atoms with Gasteiger partial charge < -0.3 is 11.1 Å². The lowest BCUT2D eigenvalue weighted by Gasteiger charge is -2.35. The van der Waals surface area contributed by atoms with E-state index in [1.807, 2.05) is 43.3 Å². The maximum atomic E-state index is 13.0. The minimum atomic E-state index is -0.955. The lowest BCUT2D eigenvalue weighted by molar-refractivity contribution is -0.125. The van der Waals surface area contributed by atoms with Crippen molar-refractivity contribution in [2.75, 3.05) is 0 Å². The second-order valence-corrected chi connectivity index (χ2v) is 7.68. The van der Waals surface area contributed by atoms with Crippen LogP contribution < -0.4 is 11.1 Å². The molecule has 0 bridgehead atoms. The molecule has 1 heterocycles. The summed E-state index contributed by atoms with van der Waals surface area (Å²) in [6.07, 6.45) is 4.00. The van der Waals surface area contributed by atoms with Gasteiger partial charge in [0, 0.05) is 16.5 Å². The number of aryl methyl sites for hydroxylation is 1. The molecule has 6 nitrogen and oxygen atoms in total. The number of hydrogen-bond acceptors (Lipinski definition) is 4. The first-order valence-electron chi connectivity index (χ1n) is 9.95. The number of aromatic nitrogens is 2. The normalized spacial score (nSPS) is 15.8. The number of nitrogens with zero attached hydrogens (tertiary/aromatic N) is 2. The third kappa shape index (κ3) is 3.70. The molecule has 3 N–H and O–H groups in total. The number of nitrogens with two attached hydrogens (primary N) is 1. The minimum Gasteiger partial charge on any atom is -0.368 e. The first kappa shape index (κ1) is 19.1. The van der Waals surface area contributed by atoms with Crippen molar-refractivity contribution in [2.45, 2.75) is 44.6 Å². The van der Waals surface area contributed by atoms with Crippen LogP contribution in [0.1, 0.15) is 48.3 Å². The number of primary amides is 1. The molecule has 0 aliphatic heterocycles. The molecule has 0 saturated heterocycles. The van der Waals surface area contributed by atoms with E-state index < -0.39 is 11.4 Å². The Morgan fingerprint density at radius 3 is 2.52 bits per heavy atom. The quantitative estimate of drug-likeness (QED) is 0.714. The lowest BCUT2D eigenvalue weighted by Crippen LogP contribution is -2.58. The Kier molecular flexibility index (Phi) is 5.01. The third-order valence-electron chi connectivity index (χ3n) is 5.64. The number of fused-ring (bicyclic) bond motifs is 1. The number of rotatable bonds is 4. The first-order valence-corrected chi connectivity index (χ1v) is 9.95. The topological polar surface area (TPSA) is 98.0 Å². The Balaban J connectivity index is 1.69. The molecule has 29 heavy (non-hydrogen) atoms. The van der Waals surface area contributed by atoms with Gasteiger partial charge in [-0.2, -0.15) is 0 Å². The van der Waals surface area contributed by atoms with E-state index >= 15 is 0 Å². The van der Waals surface area contributed by atoms with Crippen LogP contribution in [0.25, 0.3) is 22.2 Å². The predicted molar refractivity (Wildman–Crippen MR) is 112 cm³/mol. The van der Waals surface area contributed by atoms with Crippen LogP contribution in [-0.4, -0.2) is 27.3 Å². The summed E-state index contributed by atoms with van der Waals surface area (Å²) in [5, 5.41) is 3.86. The van der Waals surface area contributed by atoms with Crippen molar-refractivity contribution in [2.24, 2.45) is 5.73 Å². The summed E-state index contributed by atoms with van der Waals surface area (Å²) in [5.41, 5.74) is 7.66. The fourth-order valence-electron chi connectivity index (χ4n) is 4.10. The van der Waals surface area contributed by atoms with Gasteiger partial charge in [-0.3, -0.25) is 9.59 Å². The highest BCUT2D eigenvalue weighted by atomic mass is 16.2. The van der Waals surface area contributed by atoms with Gasteiger partial charge in [0.15, 0.2) is 0 Å². The Morgan fingerprint density at radius 2 is 1.76 bits per heavy atom. The highest BCUT2D eigenvalue weighted by Gasteiger charge is 2.39. The van der Waals surface area contributed by atoms with Crippen molar-refractivity contribution in [3.05, 3.63) is 59.9 Å². The van der Waals surface area contributed by atoms with Crippen LogP contribution in [0.2, 0.25) is 0 Å². The zero-order valence-corrected chi connectivity index (χ0v) is 16.4. The van der Waals surface area contributed by atoms with E-state index in [4.69, 9.17) is 5.73 Å². The van der Waals surface area contributed by atoms with E-state index in [0.717, 1.165) is 41.4 Å². The highest BCUT2D eigenvalue weighted by Crippen LogP contribution is 2.30. The molecule has 0 radical (unpaired) electrons. The largest absolute Gasteiger partial charge is 0.368 e. The van der Waals surface area contributed by atoms with Gasteiger partial charge >= 0.3 is 0 Å². The molecule has 1 aliphatic rings. The first-order chi connectivity index (χ1) is 14.0. The van der Waals surface area contributed by atoms with Crippen LogP contribution in [0.4, 0.5) is 0 Å². The average Bonchev–Trinajstić information content (AvgIpc) is 2.73. The molecule has 1 fully saturated rings. The molecule has 148 valence electrons. The lowest BCUT2D eigenvalue weighted by atomic mass is 9.81. The molecular formula is C23H24N4O2. The molecule has 0 unspecified atom stereocenters. The van der Waals surface area contributed by atoms with Gasteiger partial charge in [0.1, 0.15) is 11.4 Å². The minimum absolute atomic E-state index is 0.289. The van der Waals surface area contributed by atoms with Crippen LogP contribution >= 0.6 is 0 Å². The summed E-state index contributed by atoms with van der Waals surface area (Å²) in [6, 6.07) is 15.1. The SMILES string of the molecule is Cc1nc(-c2cccc(C(=O)NC3(C(N)=O)CCCCC3)c2)c2ccccc2n1. The van der Waals surface area contributed by atoms with E-state index in [1.165, 1.54) is 0 Å². The molecule has 0 atom stereocenters. The summed E-state index contributed by atoms with van der Waals surface area (Å²) in [7, 11) is 0. The standard InChI is InChI=1S/C23H24N4O2/c1-15-25-19-11-4-3-10-18(19)20(26-15)16-8-7-9-17(14-16)21(28)27-23(22(24)29)12-5-2-6-13-23/h3-4,7-11,14H,2,5-6,12-13H2,1H3,(H2,24,29)(H,27,28). The van der Waals surface area contributed by atoms with Crippen LogP contribution in [0.3, 0.4) is 0 Å². The molecular weight excluding hydrogens is 364 g/mol. The zero-order valence-electron chi connectivity index (χ0n) is 16.4. The van der Waals surface area contributed by atoms with Gasteiger partial charge in [0.05, 0.1) is 11.2 Å². The molecule has 0 spiro atoms. The van der Waals surface area contributed by atoms with Gasteiger partial charge in [-0.1, -0.05) is 49.6 Å². The number of carbonyl (C=O) groups excluding carboxylic acids is 2. The molecule has 2 amide bonds. The second-order valence-electron chi connectivity index (χ2n) is 7.68. The Morgan fingerprint density at radius 1 is 1.00 bits per heavy atom. The average molecular weight is 388 g/mol. The summed E-state index contributed by atoms with van der Waals surface area (Å²) < 4.78 is 0. The molecule has 6 heteroatoms. The molecule has 1 aliphatic carbocycles. The molecule has 1 aromatic heterocycles. The zero-order chi connectivity index (χ0) is 20.4. The van der Waals surface area contributed by atoms with Crippen LogP contribution in [0.5, 0.6) is 0 Å². The number of amides is 2. The van der Waals surface area contributed by atoms with Gasteiger partial charge in [-0.05, 0) is 38.0 Å². The number of nitrogens with one attached hydrogen (secondary N) is 1. The van der Waals surface area contributed by atoms with Crippen LogP contribution in [0.15, 0.2) is 48.5 Å². The Labute approximate surface area is 169 Å². The number of benzene rings is 2. The van der Waals surface area contributed by atoms with Crippen molar-refractivity contribution in [1.82, 2.24) is 15.3 Å². The van der Waals surface area contributed by atoms with E-state index in [9.17, 15) is 9.59 Å². The van der Waals surface area contributed by atoms with Gasteiger partial charge in [0.2, 0.25) is 5.91 Å². The summed E-state index contributed by atoms with van der Waals surface area (Å²) in [4.78, 5) is 34.2. The van der Waals surface area contributed by atoms with Gasteiger partial charge in [-0.25, -0.2) is 9.97 Å². The fraction of sp³-hybridized carbons (Fsp3) is 0.304. The fourth-order valence-corrected chi connectivity index (χ4v) is 4.10. The van der Waals surface area contributed by atoms with Gasteiger partial charge in [0.25, 0.3) is 5.91 Å². The number of carbonyl (C=O) groups is 2. The van der Waals surface area contributed by atoms with E-state index in [2.05, 4.69) is 15.3 Å². The van der Waals surface area contributed by atoms with E-state index in [0.29, 0.717) is 24.2 Å². The van der Waals surface area contributed by atoms with Crippen molar-refractivity contribution in [3.63, 3.8) is 0 Å². The summed E-state index contributed by atoms with van der Waals surface area (Å²) in [6.45, 7) is 1.85. The van der Waals surface area contributed by atoms with Crippen LogP contribution in [-0.2, 0) is 4.79 Å².